The number of methoxy groups -OCH3 is 1. The summed E-state index contributed by atoms with van der Waals surface area (Å²) >= 11 is 2.03. The van der Waals surface area contributed by atoms with Crippen LogP contribution in [0.15, 0.2) is 34.7 Å². The van der Waals surface area contributed by atoms with Crippen molar-refractivity contribution in [1.29, 1.82) is 5.26 Å². The number of ether oxygens (including phenoxy) is 1. The number of hydrogen-bond acceptors (Lipinski definition) is 5. The number of hydrogen-bond donors (Lipinski definition) is 2. The first-order valence-electron chi connectivity index (χ1n) is 8.39. The molecule has 0 unspecified atom stereocenters. The summed E-state index contributed by atoms with van der Waals surface area (Å²) in [5, 5.41) is 23.2. The van der Waals surface area contributed by atoms with E-state index < -0.39 is 5.92 Å². The zero-order valence-electron chi connectivity index (χ0n) is 15.2. The summed E-state index contributed by atoms with van der Waals surface area (Å²) in [7, 11) is 1.49. The van der Waals surface area contributed by atoms with E-state index in [1.807, 2.05) is 35.6 Å². The molecule has 0 spiro atoms. The van der Waals surface area contributed by atoms with E-state index in [0.717, 1.165) is 23.4 Å². The monoisotopic (exact) mass is 464 g/mol. The van der Waals surface area contributed by atoms with E-state index in [0.29, 0.717) is 26.9 Å². The maximum Gasteiger partial charge on any atom is 0.171 e. The van der Waals surface area contributed by atoms with E-state index in [4.69, 9.17) is 4.74 Å². The van der Waals surface area contributed by atoms with Crippen molar-refractivity contribution in [3.8, 4) is 17.6 Å². The van der Waals surface area contributed by atoms with Crippen LogP contribution in [0.3, 0.4) is 0 Å². The molecule has 0 radical (unpaired) electrons. The molecule has 0 saturated heterocycles. The molecule has 1 aliphatic carbocycles. The van der Waals surface area contributed by atoms with Crippen LogP contribution in [0.5, 0.6) is 11.5 Å². The van der Waals surface area contributed by atoms with Crippen molar-refractivity contribution in [3.63, 3.8) is 0 Å². The van der Waals surface area contributed by atoms with Crippen LogP contribution in [0.4, 0.5) is 0 Å². The van der Waals surface area contributed by atoms with Crippen molar-refractivity contribution in [1.82, 2.24) is 5.32 Å². The molecule has 6 heteroatoms. The van der Waals surface area contributed by atoms with Gasteiger partial charge in [-0.3, -0.25) is 4.79 Å². The molecule has 1 aromatic rings. The third-order valence-corrected chi connectivity index (χ3v) is 5.79. The number of Topliss-reactive ketones (excluding diaryl/α,β-unsaturated/α-hetero) is 1. The van der Waals surface area contributed by atoms with Crippen LogP contribution in [0.25, 0.3) is 0 Å². The van der Waals surface area contributed by atoms with Crippen molar-refractivity contribution in [2.45, 2.75) is 39.5 Å². The van der Waals surface area contributed by atoms with Gasteiger partial charge in [0.05, 0.1) is 28.2 Å². The molecule has 136 valence electrons. The second kappa shape index (κ2) is 6.62. The van der Waals surface area contributed by atoms with Crippen molar-refractivity contribution in [3.05, 3.63) is 43.8 Å². The number of aromatic hydroxyl groups is 1. The minimum atomic E-state index is -0.442. The van der Waals surface area contributed by atoms with Gasteiger partial charge in [0.1, 0.15) is 0 Å². The number of nitriles is 1. The Labute approximate surface area is 166 Å². The van der Waals surface area contributed by atoms with Crippen LogP contribution >= 0.6 is 22.6 Å². The first-order valence-corrected chi connectivity index (χ1v) is 9.47. The Balaban J connectivity index is 2.24. The van der Waals surface area contributed by atoms with Crippen LogP contribution in [0, 0.1) is 20.3 Å². The fraction of sp³-hybridized carbons (Fsp3) is 0.400. The lowest BCUT2D eigenvalue weighted by atomic mass is 9.69. The van der Waals surface area contributed by atoms with Crippen molar-refractivity contribution in [2.24, 2.45) is 5.41 Å². The smallest absolute Gasteiger partial charge is 0.171 e. The van der Waals surface area contributed by atoms with E-state index in [-0.39, 0.29) is 16.9 Å². The van der Waals surface area contributed by atoms with E-state index in [1.54, 1.807) is 6.07 Å². The lowest BCUT2D eigenvalue weighted by Crippen LogP contribution is -2.36. The Morgan fingerprint density at radius 1 is 1.38 bits per heavy atom. The van der Waals surface area contributed by atoms with Gasteiger partial charge in [0.15, 0.2) is 17.3 Å². The Morgan fingerprint density at radius 3 is 2.69 bits per heavy atom. The number of ketones is 1. The number of benzene rings is 1. The van der Waals surface area contributed by atoms with E-state index >= 15 is 0 Å². The fourth-order valence-corrected chi connectivity index (χ4v) is 4.46. The van der Waals surface area contributed by atoms with Crippen molar-refractivity contribution >= 4 is 28.4 Å². The Bertz CT molecular complexity index is 906. The summed E-state index contributed by atoms with van der Waals surface area (Å²) in [6.07, 6.45) is 1.21. The van der Waals surface area contributed by atoms with Crippen LogP contribution in [0.1, 0.15) is 45.1 Å². The second-order valence-corrected chi connectivity index (χ2v) is 8.76. The first kappa shape index (κ1) is 18.8. The molecule has 0 saturated carbocycles. The molecule has 0 fully saturated rings. The highest BCUT2D eigenvalue weighted by molar-refractivity contribution is 14.1. The van der Waals surface area contributed by atoms with Gasteiger partial charge in [-0.05, 0) is 59.0 Å². The molecule has 26 heavy (non-hydrogen) atoms. The highest BCUT2D eigenvalue weighted by Gasteiger charge is 2.41. The van der Waals surface area contributed by atoms with Crippen molar-refractivity contribution < 1.29 is 14.6 Å². The Morgan fingerprint density at radius 2 is 2.08 bits per heavy atom. The van der Waals surface area contributed by atoms with Crippen LogP contribution in [-0.2, 0) is 4.79 Å². The third-order valence-electron chi connectivity index (χ3n) is 4.96. The largest absolute Gasteiger partial charge is 0.504 e. The lowest BCUT2D eigenvalue weighted by molar-refractivity contribution is -0.118. The van der Waals surface area contributed by atoms with Crippen LogP contribution in [0.2, 0.25) is 0 Å². The van der Waals surface area contributed by atoms with Crippen LogP contribution in [-0.4, -0.2) is 18.0 Å². The summed E-state index contributed by atoms with van der Waals surface area (Å²) in [6, 6.07) is 5.81. The summed E-state index contributed by atoms with van der Waals surface area (Å²) in [4.78, 5) is 13.0. The first-order chi connectivity index (χ1) is 12.2. The molecular weight excluding hydrogens is 443 g/mol. The zero-order chi connectivity index (χ0) is 19.2. The number of allylic oxidation sites excluding steroid dienone is 4. The number of carbonyl (C=O) groups excluding carboxylic acids is 1. The molecule has 0 aromatic heterocycles. The molecule has 1 atom stereocenters. The molecule has 5 nitrogen and oxygen atoms in total. The number of nitrogens with zero attached hydrogens (tertiary/aromatic N) is 1. The maximum absolute atomic E-state index is 13.0. The summed E-state index contributed by atoms with van der Waals surface area (Å²) in [5.74, 6) is 0.0281. The maximum atomic E-state index is 13.0. The average molecular weight is 464 g/mol. The predicted molar refractivity (Wildman–Crippen MR) is 107 cm³/mol. The quantitative estimate of drug-likeness (QED) is 0.644. The highest BCUT2D eigenvalue weighted by atomic mass is 127. The highest BCUT2D eigenvalue weighted by Crippen LogP contribution is 2.47. The number of nitrogens with one attached hydrogen (secondary N) is 1. The minimum absolute atomic E-state index is 0.0651. The average Bonchev–Trinajstić information content (AvgIpc) is 2.54. The summed E-state index contributed by atoms with van der Waals surface area (Å²) in [5.41, 5.74) is 3.52. The zero-order valence-corrected chi connectivity index (χ0v) is 17.4. The molecular formula is C20H21IN2O3. The summed E-state index contributed by atoms with van der Waals surface area (Å²) in [6.45, 7) is 6.03. The third kappa shape index (κ3) is 3.09. The van der Waals surface area contributed by atoms with Gasteiger partial charge < -0.3 is 15.2 Å². The number of phenols is 1. The molecule has 0 bridgehead atoms. The normalized spacial score (nSPS) is 21.8. The molecule has 3 rings (SSSR count). The van der Waals surface area contributed by atoms with Crippen molar-refractivity contribution in [2.75, 3.05) is 7.11 Å². The van der Waals surface area contributed by atoms with E-state index in [1.165, 1.54) is 7.11 Å². The topological polar surface area (TPSA) is 82.3 Å². The number of halogens is 1. The number of rotatable bonds is 2. The van der Waals surface area contributed by atoms with Gasteiger partial charge in [-0.25, -0.2) is 0 Å². The summed E-state index contributed by atoms with van der Waals surface area (Å²) < 4.78 is 5.90. The van der Waals surface area contributed by atoms with Gasteiger partial charge in [0.2, 0.25) is 0 Å². The van der Waals surface area contributed by atoms with Gasteiger partial charge in [-0.15, -0.1) is 0 Å². The van der Waals surface area contributed by atoms with Gasteiger partial charge in [-0.2, -0.15) is 5.26 Å². The fourth-order valence-electron chi connectivity index (χ4n) is 3.83. The van der Waals surface area contributed by atoms with Gasteiger partial charge in [0.25, 0.3) is 0 Å². The molecule has 1 aromatic carbocycles. The Kier molecular flexibility index (Phi) is 4.78. The molecule has 2 aliphatic rings. The molecule has 0 amide bonds. The number of carbonyl (C=O) groups is 1. The minimum Gasteiger partial charge on any atom is -0.504 e. The molecule has 1 heterocycles. The van der Waals surface area contributed by atoms with Gasteiger partial charge in [0, 0.05) is 23.4 Å². The van der Waals surface area contributed by atoms with Crippen LogP contribution < -0.4 is 10.1 Å². The van der Waals surface area contributed by atoms with E-state index in [2.05, 4.69) is 25.2 Å². The predicted octanol–water partition coefficient (Wildman–Crippen LogP) is 4.13. The SMILES string of the molecule is COc1cc([C@@H]2C(C#N)=C(C)NC3=C2C(=O)CC(C)(C)C3)cc(I)c1O. The lowest BCUT2D eigenvalue weighted by Gasteiger charge is -2.38. The van der Waals surface area contributed by atoms with E-state index in [9.17, 15) is 15.2 Å². The second-order valence-electron chi connectivity index (χ2n) is 7.60. The molecule has 1 aliphatic heterocycles. The Hall–Kier alpha value is -2.01. The number of phenolic OH excluding ortho intramolecular Hbond substituents is 1. The van der Waals surface area contributed by atoms with Gasteiger partial charge in [-0.1, -0.05) is 13.8 Å². The van der Waals surface area contributed by atoms with Gasteiger partial charge >= 0.3 is 0 Å². The molecule has 2 N–H and O–H groups in total. The standard InChI is InChI=1S/C20H21IN2O3/c1-10-12(9-22)17(11-5-13(21)19(25)16(6-11)26-4)18-14(23-10)7-20(2,3)8-15(18)24/h5-6,17,23,25H,7-8H2,1-4H3/t17-/m1/s1. The number of dihydropyridines is 1.